The summed E-state index contributed by atoms with van der Waals surface area (Å²) in [5.74, 6) is -0.656. The summed E-state index contributed by atoms with van der Waals surface area (Å²) in [6.07, 6.45) is 4.73. The van der Waals surface area contributed by atoms with Gasteiger partial charge in [0.2, 0.25) is 0 Å². The molecule has 0 amide bonds. The first-order valence-corrected chi connectivity index (χ1v) is 5.38. The molecular formula is C12H18O2. The molecule has 2 aliphatic carbocycles. The van der Waals surface area contributed by atoms with Crippen LogP contribution in [0.4, 0.5) is 0 Å². The normalized spacial score (nSPS) is 34.8. The van der Waals surface area contributed by atoms with Gasteiger partial charge in [-0.2, -0.15) is 0 Å². The second-order valence-electron chi connectivity index (χ2n) is 5.24. The summed E-state index contributed by atoms with van der Waals surface area (Å²) >= 11 is 0. The van der Waals surface area contributed by atoms with E-state index in [1.165, 1.54) is 24.0 Å². The Bertz CT molecular complexity index is 317. The Morgan fingerprint density at radius 3 is 2.07 bits per heavy atom. The van der Waals surface area contributed by atoms with Gasteiger partial charge in [-0.25, -0.2) is 0 Å². The third-order valence-corrected chi connectivity index (χ3v) is 4.30. The molecule has 2 aliphatic rings. The van der Waals surface area contributed by atoms with Gasteiger partial charge >= 0.3 is 5.97 Å². The number of hydrogen-bond donors (Lipinski definition) is 1. The second kappa shape index (κ2) is 2.62. The Hall–Kier alpha value is -0.790. The van der Waals surface area contributed by atoms with Crippen molar-refractivity contribution in [1.29, 1.82) is 0 Å². The molecule has 0 bridgehead atoms. The van der Waals surface area contributed by atoms with E-state index in [4.69, 9.17) is 0 Å². The fraction of sp³-hybridized carbons (Fsp3) is 0.750. The summed E-state index contributed by atoms with van der Waals surface area (Å²) in [4.78, 5) is 11.2. The molecule has 1 unspecified atom stereocenters. The highest BCUT2D eigenvalue weighted by atomic mass is 16.4. The fourth-order valence-electron chi connectivity index (χ4n) is 3.07. The maximum atomic E-state index is 11.2. The minimum atomic E-state index is -0.656. The molecule has 0 spiro atoms. The molecule has 2 heteroatoms. The summed E-state index contributed by atoms with van der Waals surface area (Å²) in [5, 5.41) is 9.24. The number of rotatable bonds is 1. The third kappa shape index (κ3) is 0.943. The Balaban J connectivity index is 2.41. The molecule has 0 aliphatic heterocycles. The van der Waals surface area contributed by atoms with Crippen LogP contribution < -0.4 is 0 Å². The fourth-order valence-corrected chi connectivity index (χ4v) is 3.07. The van der Waals surface area contributed by atoms with Gasteiger partial charge in [0.05, 0.1) is 5.41 Å². The molecule has 2 nitrogen and oxygen atoms in total. The van der Waals surface area contributed by atoms with E-state index < -0.39 is 11.4 Å². The predicted octanol–water partition coefficient (Wildman–Crippen LogP) is 2.99. The molecule has 0 aromatic rings. The van der Waals surface area contributed by atoms with Gasteiger partial charge in [-0.05, 0) is 38.2 Å². The largest absolute Gasteiger partial charge is 0.481 e. The van der Waals surface area contributed by atoms with Gasteiger partial charge in [-0.15, -0.1) is 0 Å². The van der Waals surface area contributed by atoms with Crippen LogP contribution in [0.25, 0.3) is 0 Å². The summed E-state index contributed by atoms with van der Waals surface area (Å²) in [6.45, 7) is 5.99. The van der Waals surface area contributed by atoms with Gasteiger partial charge in [0.25, 0.3) is 0 Å². The predicted molar refractivity (Wildman–Crippen MR) is 55.0 cm³/mol. The van der Waals surface area contributed by atoms with Crippen molar-refractivity contribution in [1.82, 2.24) is 0 Å². The average molecular weight is 194 g/mol. The van der Waals surface area contributed by atoms with Crippen molar-refractivity contribution in [2.24, 2.45) is 10.8 Å². The molecule has 2 saturated carbocycles. The van der Waals surface area contributed by atoms with Gasteiger partial charge in [-0.1, -0.05) is 19.4 Å². The molecule has 0 saturated heterocycles. The van der Waals surface area contributed by atoms with E-state index in [0.29, 0.717) is 0 Å². The van der Waals surface area contributed by atoms with E-state index in [1.54, 1.807) is 0 Å². The molecule has 1 N–H and O–H groups in total. The van der Waals surface area contributed by atoms with Crippen LogP contribution in [-0.2, 0) is 4.79 Å². The Morgan fingerprint density at radius 2 is 1.71 bits per heavy atom. The summed E-state index contributed by atoms with van der Waals surface area (Å²) in [6, 6.07) is 0. The smallest absolute Gasteiger partial charge is 0.314 e. The van der Waals surface area contributed by atoms with Crippen LogP contribution in [0.5, 0.6) is 0 Å². The molecule has 14 heavy (non-hydrogen) atoms. The van der Waals surface area contributed by atoms with Crippen LogP contribution in [0.2, 0.25) is 0 Å². The zero-order valence-corrected chi connectivity index (χ0v) is 9.18. The monoisotopic (exact) mass is 194 g/mol. The van der Waals surface area contributed by atoms with Crippen LogP contribution in [0.15, 0.2) is 11.1 Å². The van der Waals surface area contributed by atoms with Gasteiger partial charge in [-0.3, -0.25) is 4.79 Å². The topological polar surface area (TPSA) is 37.3 Å². The number of allylic oxidation sites excluding steroid dienone is 1. The molecular weight excluding hydrogens is 176 g/mol. The standard InChI is InChI=1S/C12H18O2/c1-11(2)9(8-6-4-5-7-8)12(11,3)10(13)14/h4-7H2,1-3H3,(H,13,14). The Morgan fingerprint density at radius 1 is 1.21 bits per heavy atom. The zero-order chi connectivity index (χ0) is 10.6. The van der Waals surface area contributed by atoms with E-state index in [9.17, 15) is 9.90 Å². The van der Waals surface area contributed by atoms with Crippen molar-refractivity contribution in [2.75, 3.05) is 0 Å². The molecule has 0 aromatic carbocycles. The van der Waals surface area contributed by atoms with Gasteiger partial charge in [0.15, 0.2) is 0 Å². The van der Waals surface area contributed by atoms with Crippen LogP contribution in [-0.4, -0.2) is 11.1 Å². The first kappa shape index (κ1) is 9.75. The van der Waals surface area contributed by atoms with E-state index in [0.717, 1.165) is 12.8 Å². The third-order valence-electron chi connectivity index (χ3n) is 4.30. The molecule has 2 rings (SSSR count). The van der Waals surface area contributed by atoms with Crippen molar-refractivity contribution in [2.45, 2.75) is 46.5 Å². The average Bonchev–Trinajstić information content (AvgIpc) is 2.54. The number of carbonyl (C=O) groups is 1. The maximum absolute atomic E-state index is 11.2. The van der Waals surface area contributed by atoms with Gasteiger partial charge in [0, 0.05) is 5.41 Å². The zero-order valence-electron chi connectivity index (χ0n) is 9.18. The lowest BCUT2D eigenvalue weighted by atomic mass is 9.99. The molecule has 78 valence electrons. The van der Waals surface area contributed by atoms with E-state index in [1.807, 2.05) is 6.92 Å². The molecule has 0 radical (unpaired) electrons. The number of aliphatic carboxylic acids is 1. The Labute approximate surface area is 85.0 Å². The van der Waals surface area contributed by atoms with Crippen molar-refractivity contribution in [3.63, 3.8) is 0 Å². The lowest BCUT2D eigenvalue weighted by Crippen LogP contribution is -2.16. The van der Waals surface area contributed by atoms with E-state index in [2.05, 4.69) is 13.8 Å². The lowest BCUT2D eigenvalue weighted by molar-refractivity contribution is -0.143. The highest BCUT2D eigenvalue weighted by Gasteiger charge is 2.69. The van der Waals surface area contributed by atoms with Crippen LogP contribution in [0, 0.1) is 10.8 Å². The van der Waals surface area contributed by atoms with E-state index in [-0.39, 0.29) is 5.41 Å². The number of carboxylic acid groups (broad SMARTS) is 1. The van der Waals surface area contributed by atoms with Crippen molar-refractivity contribution < 1.29 is 9.90 Å². The number of hydrogen-bond acceptors (Lipinski definition) is 1. The molecule has 0 heterocycles. The molecule has 0 aromatic heterocycles. The Kier molecular flexibility index (Phi) is 1.82. The SMILES string of the molecule is CC1(C)C(=C2CCCC2)C1(C)C(=O)O. The van der Waals surface area contributed by atoms with Crippen LogP contribution in [0.1, 0.15) is 46.5 Å². The van der Waals surface area contributed by atoms with Crippen molar-refractivity contribution >= 4 is 5.97 Å². The highest BCUT2D eigenvalue weighted by molar-refractivity contribution is 5.87. The van der Waals surface area contributed by atoms with Crippen molar-refractivity contribution in [3.05, 3.63) is 11.1 Å². The second-order valence-corrected chi connectivity index (χ2v) is 5.24. The van der Waals surface area contributed by atoms with Crippen LogP contribution >= 0.6 is 0 Å². The number of carboxylic acids is 1. The van der Waals surface area contributed by atoms with Gasteiger partial charge in [0.1, 0.15) is 0 Å². The minimum absolute atomic E-state index is 0.113. The van der Waals surface area contributed by atoms with Crippen molar-refractivity contribution in [3.8, 4) is 0 Å². The van der Waals surface area contributed by atoms with E-state index >= 15 is 0 Å². The molecule has 2 fully saturated rings. The maximum Gasteiger partial charge on any atom is 0.314 e. The lowest BCUT2D eigenvalue weighted by Gasteiger charge is -2.05. The van der Waals surface area contributed by atoms with Gasteiger partial charge < -0.3 is 5.11 Å². The summed E-state index contributed by atoms with van der Waals surface area (Å²) in [7, 11) is 0. The minimum Gasteiger partial charge on any atom is -0.481 e. The quantitative estimate of drug-likeness (QED) is 0.651. The summed E-state index contributed by atoms with van der Waals surface area (Å²) < 4.78 is 0. The highest BCUT2D eigenvalue weighted by Crippen LogP contribution is 2.70. The first-order valence-electron chi connectivity index (χ1n) is 5.38. The molecule has 1 atom stereocenters. The van der Waals surface area contributed by atoms with Crippen LogP contribution in [0.3, 0.4) is 0 Å². The first-order chi connectivity index (χ1) is 6.42. The summed E-state index contributed by atoms with van der Waals surface area (Å²) in [5.41, 5.74) is 1.96.